The maximum Gasteiger partial charge on any atom is 0.276 e. The summed E-state index contributed by atoms with van der Waals surface area (Å²) >= 11 is 0. The summed E-state index contributed by atoms with van der Waals surface area (Å²) in [6.45, 7) is 7.94. The van der Waals surface area contributed by atoms with Crippen molar-refractivity contribution in [3.05, 3.63) is 69.8 Å². The van der Waals surface area contributed by atoms with Crippen molar-refractivity contribution >= 4 is 11.6 Å². The lowest BCUT2D eigenvalue weighted by atomic mass is 10.1. The molecule has 138 valence electrons. The standard InChI is InChI=1S/C22H24N4O/c1-13-8-10-17(11-9-13)26-19-7-5-6-18(19)21(25-26)22(27)24-20-14(2)12-15(3)23-16(20)4/h8-12H,5-7H2,1-4H3,(H,24,27). The number of nitrogens with one attached hydrogen (secondary N) is 1. The molecule has 0 saturated carbocycles. The van der Waals surface area contributed by atoms with Crippen LogP contribution in [0.1, 0.15) is 50.7 Å². The van der Waals surface area contributed by atoms with Crippen LogP contribution in [0.2, 0.25) is 0 Å². The minimum atomic E-state index is -0.157. The van der Waals surface area contributed by atoms with Crippen molar-refractivity contribution in [2.45, 2.75) is 47.0 Å². The third kappa shape index (κ3) is 3.14. The number of pyridine rings is 1. The van der Waals surface area contributed by atoms with E-state index in [9.17, 15) is 4.79 Å². The van der Waals surface area contributed by atoms with Crippen molar-refractivity contribution in [2.75, 3.05) is 5.32 Å². The first-order valence-corrected chi connectivity index (χ1v) is 9.38. The summed E-state index contributed by atoms with van der Waals surface area (Å²) in [6.07, 6.45) is 2.91. The molecule has 0 atom stereocenters. The van der Waals surface area contributed by atoms with Crippen LogP contribution in [0.15, 0.2) is 30.3 Å². The fourth-order valence-corrected chi connectivity index (χ4v) is 3.90. The number of carbonyl (C=O) groups is 1. The van der Waals surface area contributed by atoms with Crippen molar-refractivity contribution in [1.29, 1.82) is 0 Å². The van der Waals surface area contributed by atoms with E-state index in [1.165, 1.54) is 5.56 Å². The molecular weight excluding hydrogens is 336 g/mol. The number of aromatic nitrogens is 3. The lowest BCUT2D eigenvalue weighted by molar-refractivity contribution is 0.102. The van der Waals surface area contributed by atoms with E-state index in [4.69, 9.17) is 0 Å². The first-order valence-electron chi connectivity index (χ1n) is 9.38. The number of carbonyl (C=O) groups excluding carboxylic acids is 1. The molecule has 0 radical (unpaired) electrons. The Hall–Kier alpha value is -2.95. The molecule has 0 spiro atoms. The summed E-state index contributed by atoms with van der Waals surface area (Å²) in [5.41, 5.74) is 8.54. The second kappa shape index (κ2) is 6.65. The lowest BCUT2D eigenvalue weighted by Crippen LogP contribution is -2.17. The highest BCUT2D eigenvalue weighted by Crippen LogP contribution is 2.29. The van der Waals surface area contributed by atoms with E-state index in [2.05, 4.69) is 46.6 Å². The van der Waals surface area contributed by atoms with E-state index in [1.807, 2.05) is 31.5 Å². The fraction of sp³-hybridized carbons (Fsp3) is 0.318. The van der Waals surface area contributed by atoms with Crippen LogP contribution < -0.4 is 5.32 Å². The zero-order valence-electron chi connectivity index (χ0n) is 16.3. The van der Waals surface area contributed by atoms with Gasteiger partial charge in [-0.1, -0.05) is 17.7 Å². The van der Waals surface area contributed by atoms with Gasteiger partial charge in [0.2, 0.25) is 0 Å². The number of anilines is 1. The molecule has 27 heavy (non-hydrogen) atoms. The molecule has 0 unspecified atom stereocenters. The molecule has 3 aromatic rings. The fourth-order valence-electron chi connectivity index (χ4n) is 3.90. The molecule has 1 N–H and O–H groups in total. The SMILES string of the molecule is Cc1ccc(-n2nc(C(=O)Nc3c(C)cc(C)nc3C)c3c2CCC3)cc1. The van der Waals surface area contributed by atoms with Crippen LogP contribution in [-0.4, -0.2) is 20.7 Å². The molecule has 1 aromatic carbocycles. The summed E-state index contributed by atoms with van der Waals surface area (Å²) < 4.78 is 1.93. The highest BCUT2D eigenvalue weighted by Gasteiger charge is 2.27. The Morgan fingerprint density at radius 1 is 1.07 bits per heavy atom. The quantitative estimate of drug-likeness (QED) is 0.760. The van der Waals surface area contributed by atoms with Gasteiger partial charge in [-0.2, -0.15) is 5.10 Å². The van der Waals surface area contributed by atoms with Crippen LogP contribution >= 0.6 is 0 Å². The molecule has 5 heteroatoms. The first-order chi connectivity index (χ1) is 12.9. The van der Waals surface area contributed by atoms with Gasteiger partial charge in [0.15, 0.2) is 5.69 Å². The Morgan fingerprint density at radius 3 is 2.52 bits per heavy atom. The average molecular weight is 360 g/mol. The molecule has 2 aromatic heterocycles. The van der Waals surface area contributed by atoms with Crippen LogP contribution in [-0.2, 0) is 12.8 Å². The minimum absolute atomic E-state index is 0.157. The number of rotatable bonds is 3. The second-order valence-electron chi connectivity index (χ2n) is 7.37. The van der Waals surface area contributed by atoms with Gasteiger partial charge >= 0.3 is 0 Å². The van der Waals surface area contributed by atoms with Crippen LogP contribution in [0, 0.1) is 27.7 Å². The first kappa shape index (κ1) is 17.5. The molecular formula is C22H24N4O. The molecule has 5 nitrogen and oxygen atoms in total. The van der Waals surface area contributed by atoms with Crippen molar-refractivity contribution in [2.24, 2.45) is 0 Å². The zero-order chi connectivity index (χ0) is 19.1. The van der Waals surface area contributed by atoms with Crippen LogP contribution in [0.3, 0.4) is 0 Å². The number of hydrogen-bond acceptors (Lipinski definition) is 3. The highest BCUT2D eigenvalue weighted by molar-refractivity contribution is 6.04. The Bertz CT molecular complexity index is 1010. The Balaban J connectivity index is 1.71. The normalized spacial score (nSPS) is 12.9. The van der Waals surface area contributed by atoms with Gasteiger partial charge < -0.3 is 5.32 Å². The smallest absolute Gasteiger partial charge is 0.276 e. The van der Waals surface area contributed by atoms with E-state index < -0.39 is 0 Å². The van der Waals surface area contributed by atoms with E-state index in [0.29, 0.717) is 5.69 Å². The van der Waals surface area contributed by atoms with Gasteiger partial charge in [-0.3, -0.25) is 9.78 Å². The number of hydrogen-bond donors (Lipinski definition) is 1. The predicted molar refractivity (Wildman–Crippen MR) is 107 cm³/mol. The van der Waals surface area contributed by atoms with Gasteiger partial charge in [0.25, 0.3) is 5.91 Å². The van der Waals surface area contributed by atoms with E-state index in [0.717, 1.165) is 58.8 Å². The van der Waals surface area contributed by atoms with E-state index in [-0.39, 0.29) is 5.91 Å². The van der Waals surface area contributed by atoms with Gasteiger partial charge in [0, 0.05) is 17.0 Å². The summed E-state index contributed by atoms with van der Waals surface area (Å²) in [7, 11) is 0. The average Bonchev–Trinajstić information content (AvgIpc) is 3.21. The second-order valence-corrected chi connectivity index (χ2v) is 7.37. The molecule has 4 rings (SSSR count). The summed E-state index contributed by atoms with van der Waals surface area (Å²) in [6, 6.07) is 10.2. The van der Waals surface area contributed by atoms with Crippen molar-refractivity contribution < 1.29 is 4.79 Å². The monoisotopic (exact) mass is 360 g/mol. The van der Waals surface area contributed by atoms with E-state index >= 15 is 0 Å². The summed E-state index contributed by atoms with van der Waals surface area (Å²) in [4.78, 5) is 17.5. The van der Waals surface area contributed by atoms with Crippen molar-refractivity contribution in [3.8, 4) is 5.69 Å². The van der Waals surface area contributed by atoms with Crippen LogP contribution in [0.4, 0.5) is 5.69 Å². The number of nitrogens with zero attached hydrogens (tertiary/aromatic N) is 3. The third-order valence-electron chi connectivity index (χ3n) is 5.19. The van der Waals surface area contributed by atoms with Gasteiger partial charge in [0.1, 0.15) is 0 Å². The molecule has 1 aliphatic carbocycles. The summed E-state index contributed by atoms with van der Waals surface area (Å²) in [5, 5.41) is 7.74. The number of aryl methyl sites for hydroxylation is 4. The molecule has 0 aliphatic heterocycles. The Labute approximate surface area is 159 Å². The van der Waals surface area contributed by atoms with E-state index in [1.54, 1.807) is 0 Å². The number of fused-ring (bicyclic) bond motifs is 1. The molecule has 1 aliphatic rings. The van der Waals surface area contributed by atoms with Gasteiger partial charge in [-0.05, 0) is 70.7 Å². The Kier molecular flexibility index (Phi) is 4.30. The molecule has 0 saturated heterocycles. The minimum Gasteiger partial charge on any atom is -0.319 e. The molecule has 0 bridgehead atoms. The third-order valence-corrected chi connectivity index (χ3v) is 5.19. The Morgan fingerprint density at radius 2 is 1.81 bits per heavy atom. The highest BCUT2D eigenvalue weighted by atomic mass is 16.2. The van der Waals surface area contributed by atoms with Crippen molar-refractivity contribution in [3.63, 3.8) is 0 Å². The molecule has 0 fully saturated rings. The topological polar surface area (TPSA) is 59.8 Å². The van der Waals surface area contributed by atoms with Crippen LogP contribution in [0.5, 0.6) is 0 Å². The van der Waals surface area contributed by atoms with Gasteiger partial charge in [-0.25, -0.2) is 4.68 Å². The van der Waals surface area contributed by atoms with Crippen molar-refractivity contribution in [1.82, 2.24) is 14.8 Å². The van der Waals surface area contributed by atoms with Gasteiger partial charge in [0.05, 0.1) is 17.1 Å². The predicted octanol–water partition coefficient (Wildman–Crippen LogP) is 4.24. The molecule has 2 heterocycles. The zero-order valence-corrected chi connectivity index (χ0v) is 16.3. The summed E-state index contributed by atoms with van der Waals surface area (Å²) in [5.74, 6) is -0.157. The lowest BCUT2D eigenvalue weighted by Gasteiger charge is -2.11. The van der Waals surface area contributed by atoms with Crippen LogP contribution in [0.25, 0.3) is 5.69 Å². The number of benzene rings is 1. The maximum absolute atomic E-state index is 13.0. The number of amides is 1. The molecule has 1 amide bonds. The maximum atomic E-state index is 13.0. The van der Waals surface area contributed by atoms with Gasteiger partial charge in [-0.15, -0.1) is 0 Å². The largest absolute Gasteiger partial charge is 0.319 e.